The molecule has 1 rings (SSSR count). The molecule has 0 heterocycles. The quantitative estimate of drug-likeness (QED) is 0.591. The lowest BCUT2D eigenvalue weighted by Crippen LogP contribution is -1.91. The van der Waals surface area contributed by atoms with Crippen molar-refractivity contribution >= 4 is 22.6 Å². The molecule has 0 aromatic heterocycles. The highest BCUT2D eigenvalue weighted by molar-refractivity contribution is 14.1. The zero-order chi connectivity index (χ0) is 8.97. The molecule has 2 heteroatoms. The molecule has 1 aromatic rings. The van der Waals surface area contributed by atoms with Crippen molar-refractivity contribution in [1.82, 2.24) is 0 Å². The van der Waals surface area contributed by atoms with Crippen LogP contribution in [0, 0.1) is 3.57 Å². The number of allylic oxidation sites excluding steroid dienone is 2. The van der Waals surface area contributed by atoms with E-state index in [1.54, 1.807) is 0 Å². The topological polar surface area (TPSA) is 9.23 Å². The van der Waals surface area contributed by atoms with E-state index in [-0.39, 0.29) is 0 Å². The first kappa shape index (κ1) is 9.58. The Bertz CT molecular complexity index is 292. The van der Waals surface area contributed by atoms with Crippen molar-refractivity contribution in [2.75, 3.05) is 0 Å². The van der Waals surface area contributed by atoms with Crippen LogP contribution in [0.1, 0.15) is 13.8 Å². The normalized spacial score (nSPS) is 11.4. The maximum atomic E-state index is 5.55. The van der Waals surface area contributed by atoms with E-state index in [0.29, 0.717) is 0 Å². The number of para-hydroxylation sites is 1. The Morgan fingerprint density at radius 3 is 2.67 bits per heavy atom. The van der Waals surface area contributed by atoms with Gasteiger partial charge in [0.25, 0.3) is 0 Å². The van der Waals surface area contributed by atoms with Crippen LogP contribution in [0.3, 0.4) is 0 Å². The summed E-state index contributed by atoms with van der Waals surface area (Å²) >= 11 is 2.26. The molecule has 12 heavy (non-hydrogen) atoms. The van der Waals surface area contributed by atoms with Crippen LogP contribution in [0.4, 0.5) is 0 Å². The highest BCUT2D eigenvalue weighted by Crippen LogP contribution is 2.21. The van der Waals surface area contributed by atoms with Gasteiger partial charge in [-0.3, -0.25) is 0 Å². The first-order chi connectivity index (χ1) is 5.74. The van der Waals surface area contributed by atoms with Gasteiger partial charge in [0.15, 0.2) is 0 Å². The monoisotopic (exact) mass is 274 g/mol. The fourth-order valence-electron chi connectivity index (χ4n) is 0.760. The Morgan fingerprint density at radius 2 is 2.08 bits per heavy atom. The van der Waals surface area contributed by atoms with Gasteiger partial charge in [-0.25, -0.2) is 0 Å². The maximum absolute atomic E-state index is 5.55. The van der Waals surface area contributed by atoms with E-state index in [1.165, 1.54) is 0 Å². The summed E-state index contributed by atoms with van der Waals surface area (Å²) in [5.74, 6) is 1.85. The van der Waals surface area contributed by atoms with Gasteiger partial charge in [-0.1, -0.05) is 12.1 Å². The summed E-state index contributed by atoms with van der Waals surface area (Å²) in [5.41, 5.74) is 0. The molecule has 0 aliphatic carbocycles. The number of benzene rings is 1. The summed E-state index contributed by atoms with van der Waals surface area (Å²) in [6.45, 7) is 3.91. The largest absolute Gasteiger partial charge is 0.461 e. The number of hydrogen-bond donors (Lipinski definition) is 0. The van der Waals surface area contributed by atoms with Gasteiger partial charge in [0, 0.05) is 0 Å². The highest BCUT2D eigenvalue weighted by Gasteiger charge is 1.98. The van der Waals surface area contributed by atoms with Gasteiger partial charge in [0.05, 0.1) is 9.33 Å². The molecule has 0 unspecified atom stereocenters. The molecule has 64 valence electrons. The predicted octanol–water partition coefficient (Wildman–Crippen LogP) is 3.59. The molecule has 0 aliphatic heterocycles. The Hall–Kier alpha value is -0.510. The van der Waals surface area contributed by atoms with Crippen molar-refractivity contribution in [1.29, 1.82) is 0 Å². The van der Waals surface area contributed by atoms with Gasteiger partial charge >= 0.3 is 0 Å². The van der Waals surface area contributed by atoms with Gasteiger partial charge in [-0.15, -0.1) is 0 Å². The molecular formula is C10H11IO. The lowest BCUT2D eigenvalue weighted by molar-refractivity contribution is 0.424. The van der Waals surface area contributed by atoms with Gasteiger partial charge < -0.3 is 4.74 Å². The minimum atomic E-state index is 0.925. The SMILES string of the molecule is C/C=C(\C)Oc1ccccc1I. The van der Waals surface area contributed by atoms with Gasteiger partial charge in [-0.05, 0) is 54.6 Å². The average Bonchev–Trinajstić information content (AvgIpc) is 2.09. The summed E-state index contributed by atoms with van der Waals surface area (Å²) in [5, 5.41) is 0. The van der Waals surface area contributed by atoms with Crippen LogP contribution in [-0.4, -0.2) is 0 Å². The van der Waals surface area contributed by atoms with Crippen LogP contribution in [0.2, 0.25) is 0 Å². The van der Waals surface area contributed by atoms with E-state index >= 15 is 0 Å². The number of rotatable bonds is 2. The van der Waals surface area contributed by atoms with E-state index in [1.807, 2.05) is 44.2 Å². The van der Waals surface area contributed by atoms with Crippen molar-refractivity contribution in [3.63, 3.8) is 0 Å². The second-order valence-electron chi connectivity index (χ2n) is 2.43. The van der Waals surface area contributed by atoms with Gasteiger partial charge in [-0.2, -0.15) is 0 Å². The Balaban J connectivity index is 2.82. The average molecular weight is 274 g/mol. The van der Waals surface area contributed by atoms with Crippen LogP contribution < -0.4 is 4.74 Å². The summed E-state index contributed by atoms with van der Waals surface area (Å²) in [6.07, 6.45) is 1.95. The van der Waals surface area contributed by atoms with Crippen LogP contribution in [0.25, 0.3) is 0 Å². The zero-order valence-electron chi connectivity index (χ0n) is 7.17. The van der Waals surface area contributed by atoms with E-state index < -0.39 is 0 Å². The molecule has 0 spiro atoms. The van der Waals surface area contributed by atoms with Gasteiger partial charge in [0.2, 0.25) is 0 Å². The smallest absolute Gasteiger partial charge is 0.140 e. The second-order valence-corrected chi connectivity index (χ2v) is 3.59. The summed E-state index contributed by atoms with van der Waals surface area (Å²) in [7, 11) is 0. The lowest BCUT2D eigenvalue weighted by Gasteiger charge is -2.06. The minimum Gasteiger partial charge on any atom is -0.461 e. The number of halogens is 1. The molecule has 0 atom stereocenters. The van der Waals surface area contributed by atoms with Crippen LogP contribution in [0.15, 0.2) is 36.1 Å². The molecule has 0 radical (unpaired) electrons. The molecule has 0 bridgehead atoms. The Morgan fingerprint density at radius 1 is 1.42 bits per heavy atom. The fraction of sp³-hybridized carbons (Fsp3) is 0.200. The highest BCUT2D eigenvalue weighted by atomic mass is 127. The fourth-order valence-corrected chi connectivity index (χ4v) is 1.26. The number of hydrogen-bond acceptors (Lipinski definition) is 1. The molecule has 0 amide bonds. The molecule has 0 saturated heterocycles. The molecule has 0 aliphatic rings. The molecular weight excluding hydrogens is 263 g/mol. The van der Waals surface area contributed by atoms with Gasteiger partial charge in [0.1, 0.15) is 5.75 Å². The van der Waals surface area contributed by atoms with E-state index in [9.17, 15) is 0 Å². The standard InChI is InChI=1S/C10H11IO/c1-3-8(2)12-10-7-5-4-6-9(10)11/h3-7H,1-2H3/b8-3+. The Labute approximate surface area is 86.6 Å². The maximum Gasteiger partial charge on any atom is 0.140 e. The van der Waals surface area contributed by atoms with Crippen molar-refractivity contribution in [2.24, 2.45) is 0 Å². The molecule has 0 N–H and O–H groups in total. The van der Waals surface area contributed by atoms with E-state index in [0.717, 1.165) is 15.1 Å². The molecule has 0 fully saturated rings. The molecule has 1 aromatic carbocycles. The van der Waals surface area contributed by atoms with Crippen molar-refractivity contribution in [3.8, 4) is 5.75 Å². The van der Waals surface area contributed by atoms with Crippen molar-refractivity contribution in [3.05, 3.63) is 39.7 Å². The van der Waals surface area contributed by atoms with Crippen molar-refractivity contribution < 1.29 is 4.74 Å². The second kappa shape index (κ2) is 4.50. The van der Waals surface area contributed by atoms with Crippen LogP contribution >= 0.6 is 22.6 Å². The first-order valence-electron chi connectivity index (χ1n) is 3.79. The third kappa shape index (κ3) is 2.52. The third-order valence-corrected chi connectivity index (χ3v) is 2.41. The number of ether oxygens (including phenoxy) is 1. The van der Waals surface area contributed by atoms with E-state index in [4.69, 9.17) is 4.74 Å². The van der Waals surface area contributed by atoms with Crippen LogP contribution in [-0.2, 0) is 0 Å². The summed E-state index contributed by atoms with van der Waals surface area (Å²) in [6, 6.07) is 7.97. The summed E-state index contributed by atoms with van der Waals surface area (Å²) < 4.78 is 6.68. The summed E-state index contributed by atoms with van der Waals surface area (Å²) in [4.78, 5) is 0. The minimum absolute atomic E-state index is 0.925. The third-order valence-electron chi connectivity index (χ3n) is 1.51. The van der Waals surface area contributed by atoms with Crippen LogP contribution in [0.5, 0.6) is 5.75 Å². The molecule has 0 saturated carbocycles. The van der Waals surface area contributed by atoms with E-state index in [2.05, 4.69) is 22.6 Å². The lowest BCUT2D eigenvalue weighted by atomic mass is 10.3. The zero-order valence-corrected chi connectivity index (χ0v) is 9.33. The molecule has 1 nitrogen and oxygen atoms in total. The van der Waals surface area contributed by atoms with Crippen molar-refractivity contribution in [2.45, 2.75) is 13.8 Å². The predicted molar refractivity (Wildman–Crippen MR) is 59.2 cm³/mol. The Kier molecular flexibility index (Phi) is 3.59. The first-order valence-corrected chi connectivity index (χ1v) is 4.87.